The maximum atomic E-state index is 5.37. The van der Waals surface area contributed by atoms with E-state index in [0.717, 1.165) is 11.3 Å². The van der Waals surface area contributed by atoms with Crippen LogP contribution in [0.25, 0.3) is 11.2 Å². The minimum atomic E-state index is 0.399. The number of hydrogen-bond donors (Lipinski definition) is 2. The lowest BCUT2D eigenvalue weighted by Crippen LogP contribution is -1.97. The van der Waals surface area contributed by atoms with E-state index in [9.17, 15) is 0 Å². The molecule has 11 heavy (non-hydrogen) atoms. The predicted octanol–water partition coefficient (Wildman–Crippen LogP) is -0.188. The summed E-state index contributed by atoms with van der Waals surface area (Å²) in [4.78, 5) is 7.08. The van der Waals surface area contributed by atoms with Crippen LogP contribution in [0.2, 0.25) is 0 Å². The highest BCUT2D eigenvalue weighted by molar-refractivity contribution is 5.68. The third kappa shape index (κ3) is 0.947. The molecule has 0 unspecified atom stereocenters. The molecule has 5 nitrogen and oxygen atoms in total. The van der Waals surface area contributed by atoms with Crippen LogP contribution in [0.5, 0.6) is 0 Å². The average molecular weight is 149 g/mol. The fourth-order valence-corrected chi connectivity index (χ4v) is 0.912. The number of nitrogens with two attached hydrogens (primary N) is 1. The molecule has 2 rings (SSSR count). The summed E-state index contributed by atoms with van der Waals surface area (Å²) in [6.07, 6.45) is 1.61. The molecular weight excluding hydrogens is 142 g/mol. The Hall–Kier alpha value is -1.49. The van der Waals surface area contributed by atoms with Gasteiger partial charge < -0.3 is 10.7 Å². The van der Waals surface area contributed by atoms with Gasteiger partial charge in [0.15, 0.2) is 5.65 Å². The molecule has 0 saturated carbocycles. The van der Waals surface area contributed by atoms with Crippen molar-refractivity contribution >= 4 is 11.2 Å². The zero-order valence-corrected chi connectivity index (χ0v) is 5.78. The maximum absolute atomic E-state index is 5.37. The molecule has 0 saturated heterocycles. The Kier molecular flexibility index (Phi) is 1.29. The normalized spacial score (nSPS) is 10.6. The van der Waals surface area contributed by atoms with Crippen LogP contribution in [0.1, 0.15) is 5.82 Å². The van der Waals surface area contributed by atoms with Gasteiger partial charge in [0.1, 0.15) is 5.82 Å². The number of H-pyrrole nitrogens is 1. The van der Waals surface area contributed by atoms with Crippen molar-refractivity contribution in [2.45, 2.75) is 6.54 Å². The van der Waals surface area contributed by atoms with Gasteiger partial charge in [-0.3, -0.25) is 0 Å². The molecule has 0 aliphatic carbocycles. The van der Waals surface area contributed by atoms with Crippen LogP contribution in [0.15, 0.2) is 12.3 Å². The molecule has 0 amide bonds. The Bertz CT molecular complexity index is 333. The van der Waals surface area contributed by atoms with E-state index in [1.54, 1.807) is 6.20 Å². The van der Waals surface area contributed by atoms with E-state index in [2.05, 4.69) is 20.2 Å². The Balaban J connectivity index is 2.69. The molecule has 0 aliphatic heterocycles. The van der Waals surface area contributed by atoms with Crippen molar-refractivity contribution in [2.75, 3.05) is 0 Å². The molecule has 0 aromatic carbocycles. The van der Waals surface area contributed by atoms with Crippen LogP contribution in [-0.4, -0.2) is 20.2 Å². The quantitative estimate of drug-likeness (QED) is 0.589. The number of fused-ring (bicyclic) bond motifs is 1. The van der Waals surface area contributed by atoms with Crippen molar-refractivity contribution in [1.29, 1.82) is 0 Å². The van der Waals surface area contributed by atoms with Gasteiger partial charge in [-0.15, -0.1) is 5.10 Å². The second kappa shape index (κ2) is 2.28. The van der Waals surface area contributed by atoms with Gasteiger partial charge in [-0.1, -0.05) is 0 Å². The first-order valence-corrected chi connectivity index (χ1v) is 3.26. The molecule has 0 fully saturated rings. The topological polar surface area (TPSA) is 80.5 Å². The van der Waals surface area contributed by atoms with Gasteiger partial charge in [0.25, 0.3) is 0 Å². The Morgan fingerprint density at radius 1 is 1.55 bits per heavy atom. The summed E-state index contributed by atoms with van der Waals surface area (Å²) in [5.41, 5.74) is 6.87. The monoisotopic (exact) mass is 149 g/mol. The van der Waals surface area contributed by atoms with Crippen LogP contribution in [-0.2, 0) is 6.54 Å². The van der Waals surface area contributed by atoms with Crippen molar-refractivity contribution in [1.82, 2.24) is 20.2 Å². The third-order valence-corrected chi connectivity index (χ3v) is 1.41. The minimum Gasteiger partial charge on any atom is -0.339 e. The fraction of sp³-hybridized carbons (Fsp3) is 0.167. The molecule has 2 aromatic rings. The summed E-state index contributed by atoms with van der Waals surface area (Å²) in [6, 6.07) is 1.81. The summed E-state index contributed by atoms with van der Waals surface area (Å²) in [5.74, 6) is 0.737. The molecule has 2 aromatic heterocycles. The highest BCUT2D eigenvalue weighted by atomic mass is 15.1. The van der Waals surface area contributed by atoms with Gasteiger partial charge in [-0.2, -0.15) is 5.10 Å². The van der Waals surface area contributed by atoms with Crippen molar-refractivity contribution in [3.63, 3.8) is 0 Å². The average Bonchev–Trinajstić information content (AvgIpc) is 2.46. The van der Waals surface area contributed by atoms with Gasteiger partial charge in [-0.25, -0.2) is 4.98 Å². The minimum absolute atomic E-state index is 0.399. The van der Waals surface area contributed by atoms with Crippen LogP contribution in [0.4, 0.5) is 0 Å². The molecule has 3 N–H and O–H groups in total. The molecular formula is C6H7N5. The molecule has 0 aliphatic rings. The number of imidazole rings is 1. The number of hydrogen-bond acceptors (Lipinski definition) is 4. The molecule has 0 bridgehead atoms. The molecule has 5 heteroatoms. The molecule has 56 valence electrons. The van der Waals surface area contributed by atoms with E-state index in [1.165, 1.54) is 0 Å². The number of rotatable bonds is 1. The first kappa shape index (κ1) is 6.23. The van der Waals surface area contributed by atoms with E-state index in [1.807, 2.05) is 6.07 Å². The summed E-state index contributed by atoms with van der Waals surface area (Å²) in [6.45, 7) is 0.399. The SMILES string of the molecule is NCc1nc2nnccc2[nH]1. The first-order chi connectivity index (χ1) is 5.40. The molecule has 0 atom stereocenters. The van der Waals surface area contributed by atoms with Crippen molar-refractivity contribution in [2.24, 2.45) is 5.73 Å². The Morgan fingerprint density at radius 2 is 2.45 bits per heavy atom. The highest BCUT2D eigenvalue weighted by Gasteiger charge is 1.99. The zero-order chi connectivity index (χ0) is 7.68. The van der Waals surface area contributed by atoms with Gasteiger partial charge in [0.05, 0.1) is 18.3 Å². The molecule has 0 radical (unpaired) electrons. The molecule has 0 spiro atoms. The highest BCUT2D eigenvalue weighted by Crippen LogP contribution is 2.04. The Morgan fingerprint density at radius 3 is 3.18 bits per heavy atom. The van der Waals surface area contributed by atoms with Crippen LogP contribution in [0, 0.1) is 0 Å². The second-order valence-electron chi connectivity index (χ2n) is 2.16. The maximum Gasteiger partial charge on any atom is 0.199 e. The summed E-state index contributed by atoms with van der Waals surface area (Å²) >= 11 is 0. The lowest BCUT2D eigenvalue weighted by atomic mass is 10.5. The number of nitrogens with one attached hydrogen (secondary N) is 1. The van der Waals surface area contributed by atoms with E-state index >= 15 is 0 Å². The standard InChI is InChI=1S/C6H7N5/c7-3-5-9-4-1-2-8-11-6(4)10-5/h1-2H,3,7H2,(H,9,10,11). The van der Waals surface area contributed by atoms with E-state index in [0.29, 0.717) is 12.2 Å². The second-order valence-corrected chi connectivity index (χ2v) is 2.16. The van der Waals surface area contributed by atoms with Crippen LogP contribution < -0.4 is 5.73 Å². The van der Waals surface area contributed by atoms with Crippen molar-refractivity contribution in [3.05, 3.63) is 18.1 Å². The first-order valence-electron chi connectivity index (χ1n) is 3.26. The fourth-order valence-electron chi connectivity index (χ4n) is 0.912. The van der Waals surface area contributed by atoms with E-state index in [4.69, 9.17) is 5.73 Å². The van der Waals surface area contributed by atoms with Gasteiger partial charge >= 0.3 is 0 Å². The summed E-state index contributed by atoms with van der Waals surface area (Å²) in [5, 5.41) is 7.49. The lowest BCUT2D eigenvalue weighted by Gasteiger charge is -1.81. The number of aromatic amines is 1. The van der Waals surface area contributed by atoms with Crippen LogP contribution in [0.3, 0.4) is 0 Å². The number of nitrogens with zero attached hydrogens (tertiary/aromatic N) is 3. The smallest absolute Gasteiger partial charge is 0.199 e. The van der Waals surface area contributed by atoms with Gasteiger partial charge in [-0.05, 0) is 6.07 Å². The summed E-state index contributed by atoms with van der Waals surface area (Å²) in [7, 11) is 0. The van der Waals surface area contributed by atoms with Crippen molar-refractivity contribution < 1.29 is 0 Å². The summed E-state index contributed by atoms with van der Waals surface area (Å²) < 4.78 is 0. The van der Waals surface area contributed by atoms with E-state index in [-0.39, 0.29) is 0 Å². The molecule has 2 heterocycles. The van der Waals surface area contributed by atoms with E-state index < -0.39 is 0 Å². The largest absolute Gasteiger partial charge is 0.339 e. The predicted molar refractivity (Wildman–Crippen MR) is 39.6 cm³/mol. The zero-order valence-electron chi connectivity index (χ0n) is 5.78. The van der Waals surface area contributed by atoms with Crippen molar-refractivity contribution in [3.8, 4) is 0 Å². The third-order valence-electron chi connectivity index (χ3n) is 1.41. The van der Waals surface area contributed by atoms with Gasteiger partial charge in [0.2, 0.25) is 0 Å². The Labute approximate surface area is 62.7 Å². The van der Waals surface area contributed by atoms with Gasteiger partial charge in [0, 0.05) is 0 Å². The lowest BCUT2D eigenvalue weighted by molar-refractivity contribution is 0.952. The van der Waals surface area contributed by atoms with Crippen LogP contribution >= 0.6 is 0 Å². The number of aromatic nitrogens is 4.